The summed E-state index contributed by atoms with van der Waals surface area (Å²) in [5.74, 6) is 2.20. The lowest BCUT2D eigenvalue weighted by Gasteiger charge is -2.42. The molecule has 4 rings (SSSR count). The Morgan fingerprint density at radius 3 is 2.63 bits per heavy atom. The van der Waals surface area contributed by atoms with Crippen molar-refractivity contribution in [2.75, 3.05) is 7.11 Å². The van der Waals surface area contributed by atoms with Gasteiger partial charge in [-0.25, -0.2) is 9.18 Å². The zero-order valence-corrected chi connectivity index (χ0v) is 16.3. The topological polar surface area (TPSA) is 26.3 Å². The van der Waals surface area contributed by atoms with E-state index in [1.807, 2.05) is 12.1 Å². The Morgan fingerprint density at radius 2 is 1.85 bits per heavy atom. The summed E-state index contributed by atoms with van der Waals surface area (Å²) < 4.78 is 19.3. The van der Waals surface area contributed by atoms with Crippen molar-refractivity contribution in [1.82, 2.24) is 0 Å². The van der Waals surface area contributed by atoms with Crippen LogP contribution in [0.25, 0.3) is 10.8 Å². The third kappa shape index (κ3) is 3.49. The molecule has 2 nitrogen and oxygen atoms in total. The number of rotatable bonds is 3. The maximum absolute atomic E-state index is 14.7. The monoisotopic (exact) mass is 368 g/mol. The van der Waals surface area contributed by atoms with Gasteiger partial charge in [-0.1, -0.05) is 44.0 Å². The molecule has 0 saturated heterocycles. The molecule has 144 valence electrons. The van der Waals surface area contributed by atoms with Gasteiger partial charge < -0.3 is 4.74 Å². The molecule has 2 aliphatic carbocycles. The van der Waals surface area contributed by atoms with Crippen molar-refractivity contribution in [2.24, 2.45) is 17.8 Å². The Morgan fingerprint density at radius 1 is 1.07 bits per heavy atom. The highest BCUT2D eigenvalue weighted by atomic mass is 19.1. The van der Waals surface area contributed by atoms with Crippen LogP contribution in [0.2, 0.25) is 0 Å². The molecule has 2 aliphatic rings. The van der Waals surface area contributed by atoms with Crippen molar-refractivity contribution in [3.8, 4) is 0 Å². The molecule has 4 atom stereocenters. The maximum atomic E-state index is 14.7. The van der Waals surface area contributed by atoms with Crippen LogP contribution < -0.4 is 0 Å². The second kappa shape index (κ2) is 7.61. The number of halogens is 1. The SMILES string of the molecule is CCC1CC[C@@H]2CC(c3ccc4c(F)c(C(=O)OC)ccc4c3)CC[C@H]2C1. The molecule has 0 aliphatic heterocycles. The van der Waals surface area contributed by atoms with Gasteiger partial charge in [0, 0.05) is 5.39 Å². The molecule has 0 heterocycles. The lowest BCUT2D eigenvalue weighted by Crippen LogP contribution is -2.30. The number of fused-ring (bicyclic) bond motifs is 2. The second-order valence-electron chi connectivity index (χ2n) is 8.52. The number of carbonyl (C=O) groups excluding carboxylic acids is 1. The highest BCUT2D eigenvalue weighted by Gasteiger charge is 2.35. The first-order valence-corrected chi connectivity index (χ1v) is 10.4. The molecule has 0 spiro atoms. The van der Waals surface area contributed by atoms with Crippen molar-refractivity contribution in [3.63, 3.8) is 0 Å². The summed E-state index contributed by atoms with van der Waals surface area (Å²) in [6.07, 6.45) is 9.37. The molecule has 0 N–H and O–H groups in total. The van der Waals surface area contributed by atoms with Crippen LogP contribution >= 0.6 is 0 Å². The number of hydrogen-bond acceptors (Lipinski definition) is 2. The average Bonchev–Trinajstić information content (AvgIpc) is 2.72. The highest BCUT2D eigenvalue weighted by Crippen LogP contribution is 2.48. The molecular formula is C24H29FO2. The van der Waals surface area contributed by atoms with Crippen molar-refractivity contribution < 1.29 is 13.9 Å². The van der Waals surface area contributed by atoms with Crippen LogP contribution in [0.3, 0.4) is 0 Å². The van der Waals surface area contributed by atoms with Crippen LogP contribution in [-0.4, -0.2) is 13.1 Å². The molecule has 2 aromatic rings. The Labute approximate surface area is 161 Å². The largest absolute Gasteiger partial charge is 0.465 e. The van der Waals surface area contributed by atoms with Crippen LogP contribution in [-0.2, 0) is 4.74 Å². The Kier molecular flexibility index (Phi) is 5.21. The van der Waals surface area contributed by atoms with E-state index in [9.17, 15) is 9.18 Å². The summed E-state index contributed by atoms with van der Waals surface area (Å²) in [6, 6.07) is 9.41. The van der Waals surface area contributed by atoms with E-state index in [0.717, 1.165) is 23.1 Å². The molecule has 2 fully saturated rings. The number of benzene rings is 2. The van der Waals surface area contributed by atoms with Gasteiger partial charge in [-0.15, -0.1) is 0 Å². The fourth-order valence-corrected chi connectivity index (χ4v) is 5.49. The lowest BCUT2D eigenvalue weighted by atomic mass is 9.63. The molecule has 0 radical (unpaired) electrons. The quantitative estimate of drug-likeness (QED) is 0.580. The van der Waals surface area contributed by atoms with E-state index in [1.165, 1.54) is 63.7 Å². The molecule has 2 saturated carbocycles. The van der Waals surface area contributed by atoms with Gasteiger partial charge in [-0.05, 0) is 72.8 Å². The Hall–Kier alpha value is -1.90. The molecule has 3 heteroatoms. The lowest BCUT2D eigenvalue weighted by molar-refractivity contribution is 0.0596. The van der Waals surface area contributed by atoms with Crippen molar-refractivity contribution in [1.29, 1.82) is 0 Å². The number of carbonyl (C=O) groups is 1. The van der Waals surface area contributed by atoms with Crippen LogP contribution in [0, 0.1) is 23.6 Å². The third-order valence-electron chi connectivity index (χ3n) is 7.15. The minimum atomic E-state index is -0.625. The zero-order valence-electron chi connectivity index (χ0n) is 16.3. The Balaban J connectivity index is 1.55. The zero-order chi connectivity index (χ0) is 19.0. The first-order valence-electron chi connectivity index (χ1n) is 10.4. The normalized spacial score (nSPS) is 28.0. The molecule has 0 amide bonds. The fourth-order valence-electron chi connectivity index (χ4n) is 5.49. The predicted octanol–water partition coefficient (Wildman–Crippen LogP) is 6.48. The van der Waals surface area contributed by atoms with Gasteiger partial charge >= 0.3 is 5.97 Å². The summed E-state index contributed by atoms with van der Waals surface area (Å²) in [7, 11) is 1.28. The standard InChI is InChI=1S/C24H29FO2/c1-3-15-4-5-17-13-18(7-6-16(17)12-15)19-8-10-21-20(14-19)9-11-22(23(21)25)24(26)27-2/h8-11,14-18H,3-7,12-13H2,1-2H3/t15?,16-,17+,18?/m0/s1. The maximum Gasteiger partial charge on any atom is 0.340 e. The minimum absolute atomic E-state index is 0.00550. The first-order chi connectivity index (χ1) is 13.1. The molecule has 2 unspecified atom stereocenters. The molecule has 0 bridgehead atoms. The van der Waals surface area contributed by atoms with E-state index in [0.29, 0.717) is 11.3 Å². The molecule has 0 aromatic heterocycles. The Bertz CT molecular complexity index is 844. The third-order valence-corrected chi connectivity index (χ3v) is 7.15. The summed E-state index contributed by atoms with van der Waals surface area (Å²) in [6.45, 7) is 2.33. The average molecular weight is 368 g/mol. The summed E-state index contributed by atoms with van der Waals surface area (Å²) in [4.78, 5) is 11.7. The van der Waals surface area contributed by atoms with Gasteiger partial charge in [0.15, 0.2) is 0 Å². The number of ether oxygens (including phenoxy) is 1. The van der Waals surface area contributed by atoms with Crippen molar-refractivity contribution >= 4 is 16.7 Å². The predicted molar refractivity (Wildman–Crippen MR) is 106 cm³/mol. The van der Waals surface area contributed by atoms with Crippen molar-refractivity contribution in [2.45, 2.75) is 57.8 Å². The van der Waals surface area contributed by atoms with Crippen LogP contribution in [0.15, 0.2) is 30.3 Å². The summed E-state index contributed by atoms with van der Waals surface area (Å²) in [5.41, 5.74) is 1.33. The van der Waals surface area contributed by atoms with Crippen LogP contribution in [0.1, 0.15) is 73.7 Å². The van der Waals surface area contributed by atoms with E-state index in [4.69, 9.17) is 0 Å². The van der Waals surface area contributed by atoms with Gasteiger partial charge in [0.1, 0.15) is 5.82 Å². The molecule has 27 heavy (non-hydrogen) atoms. The molecular weight excluding hydrogens is 339 g/mol. The van der Waals surface area contributed by atoms with Gasteiger partial charge in [0.2, 0.25) is 0 Å². The fraction of sp³-hybridized carbons (Fsp3) is 0.542. The van der Waals surface area contributed by atoms with Gasteiger partial charge in [-0.3, -0.25) is 0 Å². The van der Waals surface area contributed by atoms with E-state index < -0.39 is 11.8 Å². The summed E-state index contributed by atoms with van der Waals surface area (Å²) >= 11 is 0. The smallest absolute Gasteiger partial charge is 0.340 e. The summed E-state index contributed by atoms with van der Waals surface area (Å²) in [5, 5.41) is 1.37. The number of hydrogen-bond donors (Lipinski definition) is 0. The first kappa shape index (κ1) is 18.5. The van der Waals surface area contributed by atoms with E-state index in [-0.39, 0.29) is 5.56 Å². The van der Waals surface area contributed by atoms with Gasteiger partial charge in [-0.2, -0.15) is 0 Å². The minimum Gasteiger partial charge on any atom is -0.465 e. The molecule has 2 aromatic carbocycles. The van der Waals surface area contributed by atoms with Crippen molar-refractivity contribution in [3.05, 3.63) is 47.3 Å². The number of esters is 1. The van der Waals surface area contributed by atoms with Gasteiger partial charge in [0.05, 0.1) is 12.7 Å². The van der Waals surface area contributed by atoms with Crippen LogP contribution in [0.4, 0.5) is 4.39 Å². The van der Waals surface area contributed by atoms with E-state index in [1.54, 1.807) is 0 Å². The van der Waals surface area contributed by atoms with Gasteiger partial charge in [0.25, 0.3) is 0 Å². The van der Waals surface area contributed by atoms with E-state index in [2.05, 4.69) is 23.8 Å². The van der Waals surface area contributed by atoms with E-state index >= 15 is 0 Å². The van der Waals surface area contributed by atoms with Crippen LogP contribution in [0.5, 0.6) is 0 Å². The highest BCUT2D eigenvalue weighted by molar-refractivity contribution is 5.96. The second-order valence-corrected chi connectivity index (χ2v) is 8.52. The number of methoxy groups -OCH3 is 1.